The van der Waals surface area contributed by atoms with Gasteiger partial charge in [0.1, 0.15) is 11.3 Å². The minimum atomic E-state index is 0.437. The van der Waals surface area contributed by atoms with E-state index in [0.717, 1.165) is 11.3 Å². The number of para-hydroxylation sites is 1. The normalized spacial score (nSPS) is 13.4. The third kappa shape index (κ3) is 1.59. The van der Waals surface area contributed by atoms with Crippen LogP contribution >= 0.6 is 11.8 Å². The van der Waals surface area contributed by atoms with Crippen molar-refractivity contribution in [3.63, 3.8) is 0 Å². The molecule has 2 rings (SSSR count). The van der Waals surface area contributed by atoms with Crippen molar-refractivity contribution >= 4 is 22.7 Å². The average molecular weight is 192 g/mol. The van der Waals surface area contributed by atoms with E-state index in [9.17, 15) is 0 Å². The fraction of sp³-hybridized carbons (Fsp3) is 0.273. The average Bonchev–Trinajstić information content (AvgIpc) is 2.59. The van der Waals surface area contributed by atoms with E-state index < -0.39 is 0 Å². The lowest BCUT2D eigenvalue weighted by Crippen LogP contribution is -1.80. The van der Waals surface area contributed by atoms with E-state index in [4.69, 9.17) is 4.42 Å². The second-order valence-electron chi connectivity index (χ2n) is 3.06. The first kappa shape index (κ1) is 8.70. The predicted molar refractivity (Wildman–Crippen MR) is 58.1 cm³/mol. The first-order chi connectivity index (χ1) is 6.31. The molecule has 0 radical (unpaired) electrons. The Hall–Kier alpha value is -0.890. The second kappa shape index (κ2) is 3.46. The number of furan rings is 1. The van der Waals surface area contributed by atoms with Gasteiger partial charge in [0, 0.05) is 5.39 Å². The number of rotatable bonds is 2. The van der Waals surface area contributed by atoms with E-state index in [-0.39, 0.29) is 0 Å². The quantitative estimate of drug-likeness (QED) is 0.716. The summed E-state index contributed by atoms with van der Waals surface area (Å²) < 4.78 is 5.70. The van der Waals surface area contributed by atoms with Gasteiger partial charge in [0.25, 0.3) is 0 Å². The van der Waals surface area contributed by atoms with Crippen LogP contribution in [0.3, 0.4) is 0 Å². The van der Waals surface area contributed by atoms with Gasteiger partial charge in [0.05, 0.1) is 5.25 Å². The summed E-state index contributed by atoms with van der Waals surface area (Å²) >= 11 is 1.80. The standard InChI is InChI=1S/C11H12OS/c1-8(13-2)11-7-9-5-3-4-6-10(9)12-11/h3-8H,1-2H3. The smallest absolute Gasteiger partial charge is 0.134 e. The summed E-state index contributed by atoms with van der Waals surface area (Å²) in [5, 5.41) is 1.63. The van der Waals surface area contributed by atoms with E-state index in [1.54, 1.807) is 11.8 Å². The Morgan fingerprint density at radius 1 is 1.31 bits per heavy atom. The van der Waals surface area contributed by atoms with Gasteiger partial charge in [0.15, 0.2) is 0 Å². The summed E-state index contributed by atoms with van der Waals surface area (Å²) in [4.78, 5) is 0. The summed E-state index contributed by atoms with van der Waals surface area (Å²) in [6.07, 6.45) is 2.10. The number of fused-ring (bicyclic) bond motifs is 1. The summed E-state index contributed by atoms with van der Waals surface area (Å²) in [5.74, 6) is 1.06. The molecule has 1 aromatic heterocycles. The van der Waals surface area contributed by atoms with Crippen molar-refractivity contribution < 1.29 is 4.42 Å². The molecule has 0 saturated carbocycles. The van der Waals surface area contributed by atoms with Crippen LogP contribution in [-0.2, 0) is 0 Å². The number of thioether (sulfide) groups is 1. The van der Waals surface area contributed by atoms with Gasteiger partial charge >= 0.3 is 0 Å². The van der Waals surface area contributed by atoms with Crippen molar-refractivity contribution in [3.8, 4) is 0 Å². The zero-order chi connectivity index (χ0) is 9.26. The molecule has 68 valence electrons. The molecule has 0 aliphatic heterocycles. The van der Waals surface area contributed by atoms with Crippen LogP contribution in [-0.4, -0.2) is 6.26 Å². The maximum Gasteiger partial charge on any atom is 0.134 e. The maximum absolute atomic E-state index is 5.70. The van der Waals surface area contributed by atoms with Crippen molar-refractivity contribution in [2.75, 3.05) is 6.26 Å². The third-order valence-electron chi connectivity index (χ3n) is 2.20. The summed E-state index contributed by atoms with van der Waals surface area (Å²) in [7, 11) is 0. The van der Waals surface area contributed by atoms with Gasteiger partial charge in [-0.3, -0.25) is 0 Å². The lowest BCUT2D eigenvalue weighted by Gasteiger charge is -2.01. The van der Waals surface area contributed by atoms with Gasteiger partial charge in [-0.05, 0) is 25.3 Å². The van der Waals surface area contributed by atoms with E-state index >= 15 is 0 Å². The van der Waals surface area contributed by atoms with Gasteiger partial charge in [-0.25, -0.2) is 0 Å². The van der Waals surface area contributed by atoms with Crippen LogP contribution in [0.4, 0.5) is 0 Å². The Morgan fingerprint density at radius 3 is 2.77 bits per heavy atom. The molecule has 0 amide bonds. The van der Waals surface area contributed by atoms with Gasteiger partial charge < -0.3 is 4.42 Å². The van der Waals surface area contributed by atoms with Crippen molar-refractivity contribution in [1.82, 2.24) is 0 Å². The van der Waals surface area contributed by atoms with Gasteiger partial charge in [-0.1, -0.05) is 18.2 Å². The Kier molecular flexibility index (Phi) is 2.32. The molecule has 0 spiro atoms. The Balaban J connectivity index is 2.49. The first-order valence-electron chi connectivity index (χ1n) is 4.32. The molecule has 0 aliphatic rings. The highest BCUT2D eigenvalue weighted by atomic mass is 32.2. The lowest BCUT2D eigenvalue weighted by molar-refractivity contribution is 0.553. The fourth-order valence-electron chi connectivity index (χ4n) is 1.32. The van der Waals surface area contributed by atoms with E-state index in [1.807, 2.05) is 18.2 Å². The minimum absolute atomic E-state index is 0.437. The molecular weight excluding hydrogens is 180 g/mol. The molecule has 0 bridgehead atoms. The molecule has 1 nitrogen and oxygen atoms in total. The molecule has 0 saturated heterocycles. The first-order valence-corrected chi connectivity index (χ1v) is 5.61. The third-order valence-corrected chi connectivity index (χ3v) is 3.14. The molecule has 1 unspecified atom stereocenters. The molecule has 0 aliphatic carbocycles. The van der Waals surface area contributed by atoms with E-state index in [0.29, 0.717) is 5.25 Å². The highest BCUT2D eigenvalue weighted by Crippen LogP contribution is 2.30. The van der Waals surface area contributed by atoms with Crippen molar-refractivity contribution in [1.29, 1.82) is 0 Å². The van der Waals surface area contributed by atoms with Crippen LogP contribution in [0.2, 0.25) is 0 Å². The van der Waals surface area contributed by atoms with Gasteiger partial charge in [0.2, 0.25) is 0 Å². The molecule has 0 N–H and O–H groups in total. The molecule has 2 aromatic rings. The van der Waals surface area contributed by atoms with E-state index in [2.05, 4.69) is 25.3 Å². The monoisotopic (exact) mass is 192 g/mol. The summed E-state index contributed by atoms with van der Waals surface area (Å²) in [6.45, 7) is 2.16. The number of hydrogen-bond donors (Lipinski definition) is 0. The zero-order valence-corrected chi connectivity index (χ0v) is 8.60. The number of benzene rings is 1. The van der Waals surface area contributed by atoms with Gasteiger partial charge in [-0.15, -0.1) is 0 Å². The van der Waals surface area contributed by atoms with Crippen molar-refractivity contribution in [2.45, 2.75) is 12.2 Å². The van der Waals surface area contributed by atoms with Crippen LogP contribution in [0.5, 0.6) is 0 Å². The fourth-order valence-corrected chi connectivity index (χ4v) is 1.67. The summed E-state index contributed by atoms with van der Waals surface area (Å²) in [5.41, 5.74) is 0.985. The molecular formula is C11H12OS. The maximum atomic E-state index is 5.70. The Bertz CT molecular complexity index is 372. The van der Waals surface area contributed by atoms with E-state index in [1.165, 1.54) is 5.39 Å². The van der Waals surface area contributed by atoms with Crippen LogP contribution in [0.1, 0.15) is 17.9 Å². The summed E-state index contributed by atoms with van der Waals surface area (Å²) in [6, 6.07) is 10.2. The second-order valence-corrected chi connectivity index (χ2v) is 4.24. The SMILES string of the molecule is CSC(C)c1cc2ccccc2o1. The molecule has 1 atom stereocenters. The highest BCUT2D eigenvalue weighted by Gasteiger charge is 2.08. The largest absolute Gasteiger partial charge is 0.460 e. The van der Waals surface area contributed by atoms with Crippen molar-refractivity contribution in [2.24, 2.45) is 0 Å². The van der Waals surface area contributed by atoms with Crippen molar-refractivity contribution in [3.05, 3.63) is 36.1 Å². The zero-order valence-electron chi connectivity index (χ0n) is 7.78. The Morgan fingerprint density at radius 2 is 2.08 bits per heavy atom. The highest BCUT2D eigenvalue weighted by molar-refractivity contribution is 7.98. The lowest BCUT2D eigenvalue weighted by atomic mass is 10.2. The molecule has 0 fully saturated rings. The number of hydrogen-bond acceptors (Lipinski definition) is 2. The topological polar surface area (TPSA) is 13.1 Å². The van der Waals surface area contributed by atoms with Crippen LogP contribution in [0.25, 0.3) is 11.0 Å². The van der Waals surface area contributed by atoms with Crippen LogP contribution < -0.4 is 0 Å². The Labute approximate surface area is 82.1 Å². The van der Waals surface area contributed by atoms with Gasteiger partial charge in [-0.2, -0.15) is 11.8 Å². The molecule has 2 heteroatoms. The minimum Gasteiger partial charge on any atom is -0.460 e. The van der Waals surface area contributed by atoms with Crippen LogP contribution in [0, 0.1) is 0 Å². The molecule has 1 heterocycles. The molecule has 1 aromatic carbocycles. The van der Waals surface area contributed by atoms with Crippen LogP contribution in [0.15, 0.2) is 34.7 Å². The molecule has 13 heavy (non-hydrogen) atoms. The predicted octanol–water partition coefficient (Wildman–Crippen LogP) is 3.86.